The van der Waals surface area contributed by atoms with Gasteiger partial charge in [-0.2, -0.15) is 0 Å². The second-order valence-electron chi connectivity index (χ2n) is 6.11. The molecule has 0 radical (unpaired) electrons. The number of guanidine groups is 1. The van der Waals surface area contributed by atoms with E-state index in [0.29, 0.717) is 6.61 Å². The monoisotopic (exact) mass is 313 g/mol. The Morgan fingerprint density at radius 1 is 1.27 bits per heavy atom. The van der Waals surface area contributed by atoms with Crippen molar-refractivity contribution in [3.63, 3.8) is 0 Å². The topological polar surface area (TPSA) is 52.1 Å². The van der Waals surface area contributed by atoms with Crippen molar-refractivity contribution in [2.45, 2.75) is 32.7 Å². The summed E-state index contributed by atoms with van der Waals surface area (Å²) in [6, 6.07) is 0.268. The van der Waals surface area contributed by atoms with Gasteiger partial charge in [0, 0.05) is 39.3 Å². The molecule has 1 saturated heterocycles. The SMILES string of the molecule is CCNC(=NCCCN1CCCN(C)CC1)NC(C)COC. The lowest BCUT2D eigenvalue weighted by molar-refractivity contribution is 0.179. The first-order valence-electron chi connectivity index (χ1n) is 8.60. The van der Waals surface area contributed by atoms with Crippen molar-refractivity contribution in [1.82, 2.24) is 20.4 Å². The van der Waals surface area contributed by atoms with Gasteiger partial charge in [-0.05, 0) is 53.4 Å². The molecule has 1 atom stereocenters. The van der Waals surface area contributed by atoms with E-state index in [1.807, 2.05) is 0 Å². The van der Waals surface area contributed by atoms with Crippen molar-refractivity contribution in [3.8, 4) is 0 Å². The third-order valence-corrected chi connectivity index (χ3v) is 3.86. The van der Waals surface area contributed by atoms with Crippen LogP contribution in [0.15, 0.2) is 4.99 Å². The van der Waals surface area contributed by atoms with Gasteiger partial charge in [-0.1, -0.05) is 0 Å². The van der Waals surface area contributed by atoms with Crippen LogP contribution in [0.4, 0.5) is 0 Å². The zero-order valence-corrected chi connectivity index (χ0v) is 14.9. The summed E-state index contributed by atoms with van der Waals surface area (Å²) in [6.07, 6.45) is 2.39. The number of nitrogens with one attached hydrogen (secondary N) is 2. The summed E-state index contributed by atoms with van der Waals surface area (Å²) >= 11 is 0. The number of nitrogens with zero attached hydrogens (tertiary/aromatic N) is 3. The standard InChI is InChI=1S/C16H35N5O/c1-5-17-16(19-15(2)14-22-4)18-8-6-10-21-11-7-9-20(3)12-13-21/h15H,5-14H2,1-4H3,(H2,17,18,19). The van der Waals surface area contributed by atoms with Crippen LogP contribution in [0.3, 0.4) is 0 Å². The smallest absolute Gasteiger partial charge is 0.191 e. The van der Waals surface area contributed by atoms with Crippen LogP contribution in [0.1, 0.15) is 26.7 Å². The number of ether oxygens (including phenoxy) is 1. The number of hydrogen-bond donors (Lipinski definition) is 2. The van der Waals surface area contributed by atoms with Crippen LogP contribution in [-0.4, -0.2) is 88.4 Å². The minimum Gasteiger partial charge on any atom is -0.383 e. The van der Waals surface area contributed by atoms with Gasteiger partial charge in [0.05, 0.1) is 6.61 Å². The van der Waals surface area contributed by atoms with E-state index in [1.54, 1.807) is 7.11 Å². The maximum absolute atomic E-state index is 5.15. The molecule has 0 saturated carbocycles. The van der Waals surface area contributed by atoms with Gasteiger partial charge in [0.25, 0.3) is 0 Å². The van der Waals surface area contributed by atoms with Crippen LogP contribution in [0.25, 0.3) is 0 Å². The minimum atomic E-state index is 0.268. The van der Waals surface area contributed by atoms with Crippen molar-refractivity contribution < 1.29 is 4.74 Å². The van der Waals surface area contributed by atoms with E-state index >= 15 is 0 Å². The van der Waals surface area contributed by atoms with Gasteiger partial charge in [-0.25, -0.2) is 0 Å². The van der Waals surface area contributed by atoms with Gasteiger partial charge >= 0.3 is 0 Å². The first kappa shape index (κ1) is 19.2. The van der Waals surface area contributed by atoms with E-state index in [4.69, 9.17) is 4.74 Å². The van der Waals surface area contributed by atoms with E-state index in [2.05, 4.69) is 46.3 Å². The molecule has 6 heteroatoms. The minimum absolute atomic E-state index is 0.268. The van der Waals surface area contributed by atoms with Crippen molar-refractivity contribution in [2.75, 3.05) is 66.6 Å². The molecule has 0 aromatic heterocycles. The van der Waals surface area contributed by atoms with Crippen LogP contribution in [0.2, 0.25) is 0 Å². The Bertz CT molecular complexity index is 311. The lowest BCUT2D eigenvalue weighted by Gasteiger charge is -2.20. The van der Waals surface area contributed by atoms with Gasteiger partial charge in [-0.15, -0.1) is 0 Å². The highest BCUT2D eigenvalue weighted by molar-refractivity contribution is 5.80. The van der Waals surface area contributed by atoms with Gasteiger partial charge in [0.2, 0.25) is 0 Å². The molecule has 1 aliphatic rings. The zero-order chi connectivity index (χ0) is 16.2. The molecule has 0 aromatic rings. The fourth-order valence-corrected chi connectivity index (χ4v) is 2.65. The van der Waals surface area contributed by atoms with Crippen molar-refractivity contribution in [1.29, 1.82) is 0 Å². The fourth-order valence-electron chi connectivity index (χ4n) is 2.65. The van der Waals surface area contributed by atoms with Gasteiger partial charge in [-0.3, -0.25) is 4.99 Å². The van der Waals surface area contributed by atoms with E-state index in [-0.39, 0.29) is 6.04 Å². The molecule has 1 fully saturated rings. The first-order valence-corrected chi connectivity index (χ1v) is 8.60. The Morgan fingerprint density at radius 3 is 2.82 bits per heavy atom. The van der Waals surface area contributed by atoms with Crippen LogP contribution in [0.5, 0.6) is 0 Å². The van der Waals surface area contributed by atoms with Crippen LogP contribution >= 0.6 is 0 Å². The summed E-state index contributed by atoms with van der Waals surface area (Å²) < 4.78 is 5.15. The summed E-state index contributed by atoms with van der Waals surface area (Å²) in [4.78, 5) is 9.64. The quantitative estimate of drug-likeness (QED) is 0.390. The van der Waals surface area contributed by atoms with Crippen molar-refractivity contribution in [2.24, 2.45) is 4.99 Å². The second-order valence-corrected chi connectivity index (χ2v) is 6.11. The molecule has 0 aromatic carbocycles. The van der Waals surface area contributed by atoms with Gasteiger partial charge < -0.3 is 25.2 Å². The second kappa shape index (κ2) is 11.7. The van der Waals surface area contributed by atoms with Crippen LogP contribution < -0.4 is 10.6 Å². The molecule has 130 valence electrons. The normalized spacial score (nSPS) is 19.7. The molecule has 0 aliphatic carbocycles. The lowest BCUT2D eigenvalue weighted by atomic mass is 10.3. The zero-order valence-electron chi connectivity index (χ0n) is 14.9. The summed E-state index contributed by atoms with van der Waals surface area (Å²) in [6.45, 7) is 12.6. The number of methoxy groups -OCH3 is 1. The highest BCUT2D eigenvalue weighted by atomic mass is 16.5. The maximum Gasteiger partial charge on any atom is 0.191 e. The highest BCUT2D eigenvalue weighted by Crippen LogP contribution is 2.01. The average Bonchev–Trinajstić information content (AvgIpc) is 2.68. The van der Waals surface area contributed by atoms with Gasteiger partial charge in [0.15, 0.2) is 5.96 Å². The van der Waals surface area contributed by atoms with Crippen molar-refractivity contribution >= 4 is 5.96 Å². The molecular formula is C16H35N5O. The molecule has 0 spiro atoms. The highest BCUT2D eigenvalue weighted by Gasteiger charge is 2.11. The lowest BCUT2D eigenvalue weighted by Crippen LogP contribution is -2.44. The number of aliphatic imine (C=N–C) groups is 1. The summed E-state index contributed by atoms with van der Waals surface area (Å²) in [5.74, 6) is 0.891. The maximum atomic E-state index is 5.15. The molecule has 2 N–H and O–H groups in total. The molecule has 22 heavy (non-hydrogen) atoms. The predicted octanol–water partition coefficient (Wildman–Crippen LogP) is 0.604. The number of likely N-dealkylation sites (N-methyl/N-ethyl adjacent to an activating group) is 1. The molecule has 6 nitrogen and oxygen atoms in total. The summed E-state index contributed by atoms with van der Waals surface area (Å²) in [5.41, 5.74) is 0. The molecule has 0 bridgehead atoms. The Labute approximate surface area is 136 Å². The molecule has 1 rings (SSSR count). The van der Waals surface area contributed by atoms with E-state index in [0.717, 1.165) is 32.0 Å². The van der Waals surface area contributed by atoms with Crippen molar-refractivity contribution in [3.05, 3.63) is 0 Å². The Hall–Kier alpha value is -0.850. The summed E-state index contributed by atoms with van der Waals surface area (Å²) in [5, 5.41) is 6.66. The van der Waals surface area contributed by atoms with E-state index in [1.165, 1.54) is 32.6 Å². The Balaban J connectivity index is 2.27. The number of hydrogen-bond acceptors (Lipinski definition) is 4. The molecular weight excluding hydrogens is 278 g/mol. The first-order chi connectivity index (χ1) is 10.7. The summed E-state index contributed by atoms with van der Waals surface area (Å²) in [7, 11) is 3.93. The third kappa shape index (κ3) is 8.56. The van der Waals surface area contributed by atoms with Crippen LogP contribution in [-0.2, 0) is 4.74 Å². The third-order valence-electron chi connectivity index (χ3n) is 3.86. The van der Waals surface area contributed by atoms with Crippen LogP contribution in [0, 0.1) is 0 Å². The molecule has 1 aliphatic heterocycles. The average molecular weight is 313 g/mol. The Morgan fingerprint density at radius 2 is 2.09 bits per heavy atom. The van der Waals surface area contributed by atoms with E-state index < -0.39 is 0 Å². The van der Waals surface area contributed by atoms with E-state index in [9.17, 15) is 0 Å². The molecule has 1 heterocycles. The molecule has 1 unspecified atom stereocenters. The predicted molar refractivity (Wildman–Crippen MR) is 93.6 cm³/mol. The molecule has 0 amide bonds. The largest absolute Gasteiger partial charge is 0.383 e. The van der Waals surface area contributed by atoms with Gasteiger partial charge in [0.1, 0.15) is 0 Å². The fraction of sp³-hybridized carbons (Fsp3) is 0.938. The number of rotatable bonds is 8. The Kier molecular flexibility index (Phi) is 10.2.